The number of aromatic nitrogens is 1. The number of fused-ring (bicyclic) bond motifs is 1. The first-order valence-electron chi connectivity index (χ1n) is 7.59. The van der Waals surface area contributed by atoms with Crippen molar-refractivity contribution < 1.29 is 18.8 Å². The average molecular weight is 307 g/mol. The lowest BCUT2D eigenvalue weighted by molar-refractivity contribution is -0.153. The number of hydrogen-bond acceptors (Lipinski definition) is 5. The SMILES string of the molecule is Cc1cc(C(=O)N2C[C@@H]3[C@@H](C2)OCC(=O)N3CC(C)C)no1. The number of amides is 2. The lowest BCUT2D eigenvalue weighted by atomic mass is 10.1. The summed E-state index contributed by atoms with van der Waals surface area (Å²) < 4.78 is 10.6. The lowest BCUT2D eigenvalue weighted by Crippen LogP contribution is -2.55. The van der Waals surface area contributed by atoms with E-state index in [0.29, 0.717) is 37.0 Å². The third-order valence-electron chi connectivity index (χ3n) is 4.07. The minimum absolute atomic E-state index is 0.00142. The summed E-state index contributed by atoms with van der Waals surface area (Å²) in [6.45, 7) is 7.65. The summed E-state index contributed by atoms with van der Waals surface area (Å²) in [4.78, 5) is 28.1. The highest BCUT2D eigenvalue weighted by Crippen LogP contribution is 2.25. The van der Waals surface area contributed by atoms with Gasteiger partial charge in [-0.3, -0.25) is 9.59 Å². The molecule has 3 rings (SSSR count). The Labute approximate surface area is 129 Å². The van der Waals surface area contributed by atoms with Crippen molar-refractivity contribution in [3.63, 3.8) is 0 Å². The van der Waals surface area contributed by atoms with Gasteiger partial charge in [0, 0.05) is 25.7 Å². The van der Waals surface area contributed by atoms with Crippen LogP contribution in [0.5, 0.6) is 0 Å². The van der Waals surface area contributed by atoms with E-state index in [1.165, 1.54) is 0 Å². The molecule has 0 N–H and O–H groups in total. The molecule has 2 atom stereocenters. The molecule has 0 radical (unpaired) electrons. The van der Waals surface area contributed by atoms with E-state index in [1.807, 2.05) is 4.90 Å². The van der Waals surface area contributed by atoms with E-state index in [2.05, 4.69) is 19.0 Å². The van der Waals surface area contributed by atoms with E-state index in [-0.39, 0.29) is 30.6 Å². The number of carbonyl (C=O) groups is 2. The van der Waals surface area contributed by atoms with Crippen LogP contribution in [-0.4, -0.2) is 65.2 Å². The van der Waals surface area contributed by atoms with E-state index in [4.69, 9.17) is 9.26 Å². The highest BCUT2D eigenvalue weighted by molar-refractivity contribution is 5.92. The summed E-state index contributed by atoms with van der Waals surface area (Å²) in [6.07, 6.45) is -0.117. The van der Waals surface area contributed by atoms with E-state index >= 15 is 0 Å². The fraction of sp³-hybridized carbons (Fsp3) is 0.667. The fourth-order valence-electron chi connectivity index (χ4n) is 3.09. The van der Waals surface area contributed by atoms with Crippen LogP contribution in [0.4, 0.5) is 0 Å². The molecule has 2 aliphatic rings. The van der Waals surface area contributed by atoms with Gasteiger partial charge in [-0.05, 0) is 12.8 Å². The van der Waals surface area contributed by atoms with Gasteiger partial charge in [0.05, 0.1) is 12.1 Å². The van der Waals surface area contributed by atoms with E-state index < -0.39 is 0 Å². The Morgan fingerprint density at radius 2 is 2.23 bits per heavy atom. The second kappa shape index (κ2) is 5.72. The molecule has 7 nitrogen and oxygen atoms in total. The molecule has 22 heavy (non-hydrogen) atoms. The lowest BCUT2D eigenvalue weighted by Gasteiger charge is -2.37. The maximum absolute atomic E-state index is 12.5. The highest BCUT2D eigenvalue weighted by Gasteiger charge is 2.45. The minimum Gasteiger partial charge on any atom is -0.364 e. The summed E-state index contributed by atoms with van der Waals surface area (Å²) in [5.41, 5.74) is 0.304. The summed E-state index contributed by atoms with van der Waals surface area (Å²) in [7, 11) is 0. The number of nitrogens with zero attached hydrogens (tertiary/aromatic N) is 3. The van der Waals surface area contributed by atoms with Gasteiger partial charge in [-0.15, -0.1) is 0 Å². The zero-order chi connectivity index (χ0) is 15.9. The van der Waals surface area contributed by atoms with Crippen LogP contribution < -0.4 is 0 Å². The Morgan fingerprint density at radius 3 is 2.86 bits per heavy atom. The minimum atomic E-state index is -0.174. The topological polar surface area (TPSA) is 75.9 Å². The Kier molecular flexibility index (Phi) is 3.90. The number of aryl methyl sites for hydroxylation is 1. The van der Waals surface area contributed by atoms with Crippen LogP contribution in [0.25, 0.3) is 0 Å². The number of rotatable bonds is 3. The third kappa shape index (κ3) is 2.72. The molecular weight excluding hydrogens is 286 g/mol. The maximum atomic E-state index is 12.5. The third-order valence-corrected chi connectivity index (χ3v) is 4.07. The summed E-state index contributed by atoms with van der Waals surface area (Å²) in [5.74, 6) is 0.812. The monoisotopic (exact) mass is 307 g/mol. The molecule has 7 heteroatoms. The first-order valence-corrected chi connectivity index (χ1v) is 7.59. The largest absolute Gasteiger partial charge is 0.364 e. The van der Waals surface area contributed by atoms with Crippen LogP contribution in [0.2, 0.25) is 0 Å². The Hall–Kier alpha value is -1.89. The van der Waals surface area contributed by atoms with Gasteiger partial charge in [-0.2, -0.15) is 0 Å². The Balaban J connectivity index is 1.74. The molecule has 2 saturated heterocycles. The van der Waals surface area contributed by atoms with Crippen molar-refractivity contribution in [2.45, 2.75) is 32.9 Å². The number of morpholine rings is 1. The summed E-state index contributed by atoms with van der Waals surface area (Å²) >= 11 is 0. The number of carbonyl (C=O) groups excluding carboxylic acids is 2. The van der Waals surface area contributed by atoms with Crippen molar-refractivity contribution in [1.82, 2.24) is 15.0 Å². The standard InChI is InChI=1S/C15H21N3O4/c1-9(2)5-18-12-6-17(7-13(12)21-8-14(18)19)15(20)11-4-10(3)22-16-11/h4,9,12-13H,5-8H2,1-3H3/t12-,13-/m1/s1. The highest BCUT2D eigenvalue weighted by atomic mass is 16.5. The molecule has 0 aliphatic carbocycles. The van der Waals surface area contributed by atoms with Gasteiger partial charge in [0.15, 0.2) is 5.69 Å². The van der Waals surface area contributed by atoms with Crippen LogP contribution in [0, 0.1) is 12.8 Å². The molecule has 1 aromatic heterocycles. The predicted molar refractivity (Wildman–Crippen MR) is 77.2 cm³/mol. The molecule has 120 valence electrons. The second-order valence-corrected chi connectivity index (χ2v) is 6.39. The zero-order valence-corrected chi connectivity index (χ0v) is 13.1. The van der Waals surface area contributed by atoms with Crippen molar-refractivity contribution in [2.24, 2.45) is 5.92 Å². The Morgan fingerprint density at radius 1 is 1.45 bits per heavy atom. The second-order valence-electron chi connectivity index (χ2n) is 6.39. The normalized spacial score (nSPS) is 25.0. The molecule has 2 aliphatic heterocycles. The Bertz CT molecular complexity index is 583. The van der Waals surface area contributed by atoms with Gasteiger partial charge >= 0.3 is 0 Å². The first kappa shape index (κ1) is 15.0. The predicted octanol–water partition coefficient (Wildman–Crippen LogP) is 0.691. The average Bonchev–Trinajstić information content (AvgIpc) is 3.07. The molecule has 2 amide bonds. The molecule has 0 saturated carbocycles. The summed E-state index contributed by atoms with van der Waals surface area (Å²) in [5, 5.41) is 3.77. The quantitative estimate of drug-likeness (QED) is 0.821. The van der Waals surface area contributed by atoms with Gasteiger partial charge in [0.1, 0.15) is 12.4 Å². The van der Waals surface area contributed by atoms with Crippen molar-refractivity contribution >= 4 is 11.8 Å². The van der Waals surface area contributed by atoms with E-state index in [9.17, 15) is 9.59 Å². The van der Waals surface area contributed by atoms with Gasteiger partial charge < -0.3 is 19.1 Å². The van der Waals surface area contributed by atoms with Crippen LogP contribution in [0.1, 0.15) is 30.1 Å². The van der Waals surface area contributed by atoms with Crippen LogP contribution in [-0.2, 0) is 9.53 Å². The molecule has 0 spiro atoms. The van der Waals surface area contributed by atoms with Gasteiger partial charge in [-0.1, -0.05) is 19.0 Å². The molecular formula is C15H21N3O4. The van der Waals surface area contributed by atoms with Crippen LogP contribution in [0.15, 0.2) is 10.6 Å². The molecule has 3 heterocycles. The molecule has 0 bridgehead atoms. The summed E-state index contributed by atoms with van der Waals surface area (Å²) in [6, 6.07) is 1.56. The number of hydrogen-bond donors (Lipinski definition) is 0. The molecule has 1 aromatic rings. The van der Waals surface area contributed by atoms with Gasteiger partial charge in [0.2, 0.25) is 5.91 Å². The van der Waals surface area contributed by atoms with Crippen LogP contribution in [0.3, 0.4) is 0 Å². The van der Waals surface area contributed by atoms with Crippen LogP contribution >= 0.6 is 0 Å². The van der Waals surface area contributed by atoms with Gasteiger partial charge in [0.25, 0.3) is 5.91 Å². The van der Waals surface area contributed by atoms with Crippen molar-refractivity contribution in [2.75, 3.05) is 26.2 Å². The maximum Gasteiger partial charge on any atom is 0.276 e. The van der Waals surface area contributed by atoms with Crippen molar-refractivity contribution in [3.05, 3.63) is 17.5 Å². The van der Waals surface area contributed by atoms with E-state index in [1.54, 1.807) is 17.9 Å². The van der Waals surface area contributed by atoms with Crippen molar-refractivity contribution in [1.29, 1.82) is 0 Å². The van der Waals surface area contributed by atoms with E-state index in [0.717, 1.165) is 0 Å². The molecule has 0 aromatic carbocycles. The molecule has 2 fully saturated rings. The molecule has 0 unspecified atom stereocenters. The zero-order valence-electron chi connectivity index (χ0n) is 13.1. The number of ether oxygens (including phenoxy) is 1. The smallest absolute Gasteiger partial charge is 0.276 e. The van der Waals surface area contributed by atoms with Crippen molar-refractivity contribution in [3.8, 4) is 0 Å². The fourth-order valence-corrected chi connectivity index (χ4v) is 3.09. The first-order chi connectivity index (χ1) is 10.5. The van der Waals surface area contributed by atoms with Gasteiger partial charge in [-0.25, -0.2) is 0 Å². The number of likely N-dealkylation sites (tertiary alicyclic amines) is 1.